The van der Waals surface area contributed by atoms with Gasteiger partial charge in [-0.15, -0.1) is 0 Å². The van der Waals surface area contributed by atoms with Crippen LogP contribution in [0.4, 0.5) is 0 Å². The number of nitrogens with zero attached hydrogens (tertiary/aromatic N) is 1. The fraction of sp³-hybridized carbons (Fsp3) is 0.941. The minimum absolute atomic E-state index is 0.396. The van der Waals surface area contributed by atoms with Crippen molar-refractivity contribution in [1.82, 2.24) is 0 Å². The van der Waals surface area contributed by atoms with E-state index in [9.17, 15) is 20.1 Å². The van der Waals surface area contributed by atoms with Crippen molar-refractivity contribution < 1.29 is 24.6 Å². The third-order valence-corrected chi connectivity index (χ3v) is 4.44. The summed E-state index contributed by atoms with van der Waals surface area (Å²) in [7, 11) is 2.98. The van der Waals surface area contributed by atoms with Crippen molar-refractivity contribution in [3.63, 3.8) is 0 Å². The monoisotopic (exact) mass is 317 g/mol. The molecule has 0 saturated carbocycles. The Kier molecular flexibility index (Phi) is 10.6. The first-order valence-electron chi connectivity index (χ1n) is 8.75. The van der Waals surface area contributed by atoms with Gasteiger partial charge in [0.2, 0.25) is 0 Å². The Labute approximate surface area is 135 Å². The van der Waals surface area contributed by atoms with Crippen LogP contribution < -0.4 is 5.11 Å². The molecule has 5 nitrogen and oxygen atoms in total. The van der Waals surface area contributed by atoms with E-state index in [2.05, 4.69) is 6.92 Å². The maximum Gasteiger partial charge on any atom is 0.357 e. The lowest BCUT2D eigenvalue weighted by atomic mass is 10.1. The largest absolute Gasteiger partial charge is 0.540 e. The maximum absolute atomic E-state index is 10.7. The van der Waals surface area contributed by atoms with Crippen LogP contribution in [0.3, 0.4) is 0 Å². The van der Waals surface area contributed by atoms with Gasteiger partial charge in [-0.3, -0.25) is 4.48 Å². The van der Waals surface area contributed by atoms with Crippen LogP contribution in [-0.2, 0) is 4.79 Å². The molecule has 0 amide bonds. The van der Waals surface area contributed by atoms with E-state index in [1.165, 1.54) is 65.5 Å². The van der Waals surface area contributed by atoms with E-state index in [4.69, 9.17) is 0 Å². The summed E-state index contributed by atoms with van der Waals surface area (Å²) in [5.74, 6) is -4.67. The molecule has 0 aromatic rings. The van der Waals surface area contributed by atoms with E-state index in [0.29, 0.717) is 6.54 Å². The second-order valence-electron chi connectivity index (χ2n) is 6.87. The molecule has 132 valence electrons. The zero-order chi connectivity index (χ0) is 17.1. The highest BCUT2D eigenvalue weighted by molar-refractivity contribution is 5.70. The Morgan fingerprint density at radius 2 is 1.23 bits per heavy atom. The number of quaternary nitrogens is 1. The highest BCUT2D eigenvalue weighted by Gasteiger charge is 2.43. The molecule has 0 heterocycles. The van der Waals surface area contributed by atoms with Gasteiger partial charge in [-0.25, -0.2) is 0 Å². The molecule has 0 aromatic heterocycles. The fourth-order valence-corrected chi connectivity index (χ4v) is 2.57. The molecule has 0 fully saturated rings. The van der Waals surface area contributed by atoms with Crippen LogP contribution in [0.2, 0.25) is 0 Å². The number of carboxylic acids is 1. The second kappa shape index (κ2) is 11.0. The number of aliphatic carboxylic acids is 1. The van der Waals surface area contributed by atoms with Crippen molar-refractivity contribution in [1.29, 1.82) is 0 Å². The standard InChI is InChI=1S/C17H35NO4/c1-4-5-6-7-8-9-10-11-12-13-14-15-18(2,3)17(21,22)16(19)20/h21-22H,4-15H2,1-3H3. The lowest BCUT2D eigenvalue weighted by molar-refractivity contribution is -0.985. The SMILES string of the molecule is CCCCCCCCCCCCC[N+](C)(C)C(O)(O)C(=O)[O-]. The van der Waals surface area contributed by atoms with Crippen LogP contribution >= 0.6 is 0 Å². The van der Waals surface area contributed by atoms with Gasteiger partial charge in [0.05, 0.1) is 20.6 Å². The molecular weight excluding hydrogens is 282 g/mol. The maximum atomic E-state index is 10.7. The molecule has 22 heavy (non-hydrogen) atoms. The zero-order valence-corrected chi connectivity index (χ0v) is 14.6. The fourth-order valence-electron chi connectivity index (χ4n) is 2.57. The lowest BCUT2D eigenvalue weighted by Crippen LogP contribution is -2.68. The smallest absolute Gasteiger partial charge is 0.357 e. The summed E-state index contributed by atoms with van der Waals surface area (Å²) in [6.07, 6.45) is 13.3. The molecule has 0 spiro atoms. The van der Waals surface area contributed by atoms with Crippen LogP contribution in [0.15, 0.2) is 0 Å². The summed E-state index contributed by atoms with van der Waals surface area (Å²) in [6.45, 7) is 2.63. The van der Waals surface area contributed by atoms with Gasteiger partial charge >= 0.3 is 5.91 Å². The number of hydrogen-bond donors (Lipinski definition) is 2. The first kappa shape index (κ1) is 21.4. The molecule has 0 saturated heterocycles. The van der Waals surface area contributed by atoms with E-state index in [1.807, 2.05) is 0 Å². The van der Waals surface area contributed by atoms with Crippen molar-refractivity contribution in [2.45, 2.75) is 83.5 Å². The molecule has 0 aliphatic carbocycles. The van der Waals surface area contributed by atoms with Gasteiger partial charge in [0.15, 0.2) is 5.97 Å². The van der Waals surface area contributed by atoms with Crippen LogP contribution in [0.25, 0.3) is 0 Å². The predicted octanol–water partition coefficient (Wildman–Crippen LogP) is 1.76. The minimum Gasteiger partial charge on any atom is -0.540 e. The Balaban J connectivity index is 3.59. The van der Waals surface area contributed by atoms with E-state index in [-0.39, 0.29) is 0 Å². The van der Waals surface area contributed by atoms with Gasteiger partial charge in [-0.2, -0.15) is 0 Å². The third-order valence-electron chi connectivity index (χ3n) is 4.44. The molecule has 2 N–H and O–H groups in total. The summed E-state index contributed by atoms with van der Waals surface area (Å²) in [5.41, 5.74) is 0. The molecule has 0 radical (unpaired) electrons. The van der Waals surface area contributed by atoms with Gasteiger partial charge in [0.25, 0.3) is 0 Å². The van der Waals surface area contributed by atoms with Gasteiger partial charge in [-0.05, 0) is 12.8 Å². The van der Waals surface area contributed by atoms with Gasteiger partial charge in [0.1, 0.15) is 0 Å². The van der Waals surface area contributed by atoms with Crippen molar-refractivity contribution >= 4 is 5.97 Å². The number of carbonyl (C=O) groups is 1. The molecule has 0 unspecified atom stereocenters. The topological polar surface area (TPSA) is 80.6 Å². The molecule has 0 atom stereocenters. The molecule has 0 rings (SSSR count). The van der Waals surface area contributed by atoms with Crippen molar-refractivity contribution in [3.05, 3.63) is 0 Å². The summed E-state index contributed by atoms with van der Waals surface area (Å²) in [6, 6.07) is 0. The summed E-state index contributed by atoms with van der Waals surface area (Å²) in [5, 5.41) is 29.8. The Morgan fingerprint density at radius 1 is 0.864 bits per heavy atom. The molecule has 5 heteroatoms. The number of carbonyl (C=O) groups excluding carboxylic acids is 1. The predicted molar refractivity (Wildman–Crippen MR) is 85.6 cm³/mol. The number of unbranched alkanes of at least 4 members (excludes halogenated alkanes) is 10. The molecule has 0 aliphatic rings. The Morgan fingerprint density at radius 3 is 1.59 bits per heavy atom. The number of likely N-dealkylation sites (N-methyl/N-ethyl adjacent to an activating group) is 1. The number of hydrogen-bond acceptors (Lipinski definition) is 4. The van der Waals surface area contributed by atoms with Gasteiger partial charge in [-0.1, -0.05) is 64.7 Å². The number of rotatable bonds is 14. The Bertz CT molecular complexity index is 303. The average molecular weight is 317 g/mol. The first-order valence-corrected chi connectivity index (χ1v) is 8.75. The molecule has 0 bridgehead atoms. The van der Waals surface area contributed by atoms with E-state index < -0.39 is 16.4 Å². The van der Waals surface area contributed by atoms with Crippen molar-refractivity contribution in [3.8, 4) is 0 Å². The number of carboxylic acid groups (broad SMARTS) is 1. The van der Waals surface area contributed by atoms with Gasteiger partial charge in [0, 0.05) is 0 Å². The Hall–Kier alpha value is -0.650. The first-order chi connectivity index (χ1) is 10.3. The summed E-state index contributed by atoms with van der Waals surface area (Å²) >= 11 is 0. The minimum atomic E-state index is -2.82. The van der Waals surface area contributed by atoms with Crippen molar-refractivity contribution in [2.24, 2.45) is 0 Å². The van der Waals surface area contributed by atoms with E-state index in [1.54, 1.807) is 0 Å². The van der Waals surface area contributed by atoms with Crippen LogP contribution in [0.5, 0.6) is 0 Å². The molecule has 0 aromatic carbocycles. The van der Waals surface area contributed by atoms with Crippen molar-refractivity contribution in [2.75, 3.05) is 20.6 Å². The van der Waals surface area contributed by atoms with Crippen LogP contribution in [0.1, 0.15) is 77.6 Å². The zero-order valence-electron chi connectivity index (χ0n) is 14.6. The number of aliphatic hydroxyl groups is 2. The third kappa shape index (κ3) is 8.11. The quantitative estimate of drug-likeness (QED) is 0.291. The van der Waals surface area contributed by atoms with Gasteiger partial charge < -0.3 is 20.1 Å². The highest BCUT2D eigenvalue weighted by atomic mass is 16.6. The molecule has 0 aliphatic heterocycles. The molecular formula is C17H35NO4. The normalized spacial score (nSPS) is 12.6. The average Bonchev–Trinajstić information content (AvgIpc) is 2.44. The summed E-state index contributed by atoms with van der Waals surface area (Å²) < 4.78 is -0.396. The highest BCUT2D eigenvalue weighted by Crippen LogP contribution is 2.17. The second-order valence-corrected chi connectivity index (χ2v) is 6.87. The van der Waals surface area contributed by atoms with E-state index >= 15 is 0 Å². The lowest BCUT2D eigenvalue weighted by Gasteiger charge is -2.40. The van der Waals surface area contributed by atoms with Crippen LogP contribution in [0, 0.1) is 0 Å². The van der Waals surface area contributed by atoms with E-state index in [0.717, 1.165) is 19.3 Å². The summed E-state index contributed by atoms with van der Waals surface area (Å²) in [4.78, 5) is 10.7. The van der Waals surface area contributed by atoms with Crippen LogP contribution in [-0.4, -0.2) is 47.2 Å².